The smallest absolute Gasteiger partial charge is 0.137 e. The highest BCUT2D eigenvalue weighted by Gasteiger charge is 2.26. The number of hydrogen-bond acceptors (Lipinski definition) is 1. The third-order valence-corrected chi connectivity index (χ3v) is 8.06. The van der Waals surface area contributed by atoms with Crippen molar-refractivity contribution in [2.24, 2.45) is 0 Å². The lowest BCUT2D eigenvalue weighted by atomic mass is 9.80. The van der Waals surface area contributed by atoms with Gasteiger partial charge in [-0.3, -0.25) is 4.57 Å². The van der Waals surface area contributed by atoms with Crippen molar-refractivity contribution in [3.05, 3.63) is 121 Å². The quantitative estimate of drug-likeness (QED) is 0.266. The second-order valence-corrected chi connectivity index (χ2v) is 10.4. The number of aromatic nitrogens is 3. The van der Waals surface area contributed by atoms with Gasteiger partial charge in [0.25, 0.3) is 0 Å². The largest absolute Gasteiger partial charge is 0.354 e. The van der Waals surface area contributed by atoms with E-state index in [4.69, 9.17) is 4.98 Å². The summed E-state index contributed by atoms with van der Waals surface area (Å²) in [4.78, 5) is 8.85. The number of allylic oxidation sites excluding steroid dienone is 4. The van der Waals surface area contributed by atoms with Crippen LogP contribution in [0.25, 0.3) is 60.2 Å². The summed E-state index contributed by atoms with van der Waals surface area (Å²) in [6.07, 6.45) is 9.71. The molecule has 4 aromatic carbocycles. The molecule has 8 rings (SSSR count). The molecule has 3 heterocycles. The Bertz CT molecular complexity index is 2090. The maximum absolute atomic E-state index is 5.24. The number of benzene rings is 4. The topological polar surface area (TPSA) is 33.6 Å². The molecule has 1 aliphatic carbocycles. The fourth-order valence-electron chi connectivity index (χ4n) is 6.09. The van der Waals surface area contributed by atoms with Gasteiger partial charge in [-0.05, 0) is 65.7 Å². The van der Waals surface area contributed by atoms with E-state index in [0.717, 1.165) is 17.9 Å². The highest BCUT2D eigenvalue weighted by molar-refractivity contribution is 6.17. The third kappa shape index (κ3) is 2.98. The second-order valence-electron chi connectivity index (χ2n) is 10.4. The van der Waals surface area contributed by atoms with Gasteiger partial charge >= 0.3 is 0 Å². The van der Waals surface area contributed by atoms with Crippen LogP contribution in [0.15, 0.2) is 115 Å². The summed E-state index contributed by atoms with van der Waals surface area (Å²) in [6, 6.07) is 32.9. The molecule has 0 radical (unpaired) electrons. The second kappa shape index (κ2) is 7.44. The number of rotatable bonds is 2. The predicted octanol–water partition coefficient (Wildman–Crippen LogP) is 8.74. The third-order valence-electron chi connectivity index (χ3n) is 8.06. The molecule has 0 amide bonds. The van der Waals surface area contributed by atoms with Crippen LogP contribution >= 0.6 is 0 Å². The molecule has 1 aliphatic rings. The van der Waals surface area contributed by atoms with Crippen LogP contribution in [0.5, 0.6) is 0 Å². The number of nitrogens with one attached hydrogen (secondary N) is 1. The van der Waals surface area contributed by atoms with E-state index in [1.807, 2.05) is 0 Å². The fraction of sp³-hybridized carbons (Fsp3) is 0.0882. The van der Waals surface area contributed by atoms with Crippen LogP contribution in [0.2, 0.25) is 0 Å². The summed E-state index contributed by atoms with van der Waals surface area (Å²) in [5.74, 6) is 0.957. The number of pyridine rings is 1. The van der Waals surface area contributed by atoms with E-state index in [2.05, 4.69) is 132 Å². The predicted molar refractivity (Wildman–Crippen MR) is 156 cm³/mol. The first kappa shape index (κ1) is 20.6. The van der Waals surface area contributed by atoms with Crippen molar-refractivity contribution in [3.63, 3.8) is 0 Å². The van der Waals surface area contributed by atoms with Gasteiger partial charge in [0.2, 0.25) is 0 Å². The van der Waals surface area contributed by atoms with E-state index >= 15 is 0 Å². The Labute approximate surface area is 214 Å². The molecule has 3 aromatic heterocycles. The Morgan fingerprint density at radius 1 is 0.703 bits per heavy atom. The van der Waals surface area contributed by atoms with E-state index in [1.165, 1.54) is 54.4 Å². The Morgan fingerprint density at radius 3 is 2.41 bits per heavy atom. The number of nitrogens with zero attached hydrogens (tertiary/aromatic N) is 2. The lowest BCUT2D eigenvalue weighted by molar-refractivity contribution is 0.578. The Kier molecular flexibility index (Phi) is 4.13. The van der Waals surface area contributed by atoms with Crippen molar-refractivity contribution in [2.75, 3.05) is 0 Å². The minimum Gasteiger partial charge on any atom is -0.354 e. The summed E-state index contributed by atoms with van der Waals surface area (Å²) in [7, 11) is 0. The summed E-state index contributed by atoms with van der Waals surface area (Å²) in [6.45, 7) is 2.27. The molecule has 7 aromatic rings. The van der Waals surface area contributed by atoms with Crippen molar-refractivity contribution >= 4 is 54.4 Å². The molecule has 3 heteroatoms. The van der Waals surface area contributed by atoms with Crippen LogP contribution in [0.3, 0.4) is 0 Å². The van der Waals surface area contributed by atoms with Crippen molar-refractivity contribution in [1.29, 1.82) is 0 Å². The number of hydrogen-bond donors (Lipinski definition) is 1. The molecular weight excluding hydrogens is 450 g/mol. The lowest BCUT2D eigenvalue weighted by Crippen LogP contribution is -2.21. The standard InChI is InChI=1S/C34H25N3/c1-34(16-7-2-8-17-34)32-14-9-15-33(36-32)37-30-13-6-4-11-25(30)27-19-22-18-26-24-10-3-5-12-28(24)35-29(26)20-23(22)21-31(27)37/h2-16,18-21,35H,17H2,1H3. The van der Waals surface area contributed by atoms with E-state index in [9.17, 15) is 0 Å². The zero-order valence-corrected chi connectivity index (χ0v) is 20.6. The van der Waals surface area contributed by atoms with Crippen molar-refractivity contribution in [1.82, 2.24) is 14.5 Å². The van der Waals surface area contributed by atoms with Crippen LogP contribution in [-0.2, 0) is 5.41 Å². The molecule has 1 unspecified atom stereocenters. The SMILES string of the molecule is CC1(c2cccc(-n3c4ccccc4c4cc5cc6c(cc5cc43)[nH]c3ccccc36)n2)C=CC=CC1. The van der Waals surface area contributed by atoms with Crippen molar-refractivity contribution in [3.8, 4) is 5.82 Å². The molecular formula is C34H25N3. The maximum Gasteiger partial charge on any atom is 0.137 e. The van der Waals surface area contributed by atoms with Gasteiger partial charge in [-0.2, -0.15) is 0 Å². The first-order chi connectivity index (χ1) is 18.2. The Balaban J connectivity index is 1.42. The number of H-pyrrole nitrogens is 1. The molecule has 1 atom stereocenters. The normalized spacial score (nSPS) is 17.6. The summed E-state index contributed by atoms with van der Waals surface area (Å²) >= 11 is 0. The zero-order valence-electron chi connectivity index (χ0n) is 20.6. The van der Waals surface area contributed by atoms with Crippen LogP contribution in [-0.4, -0.2) is 14.5 Å². The van der Waals surface area contributed by atoms with E-state index in [1.54, 1.807) is 0 Å². The highest BCUT2D eigenvalue weighted by Crippen LogP contribution is 2.38. The maximum atomic E-state index is 5.24. The van der Waals surface area contributed by atoms with Crippen molar-refractivity contribution in [2.45, 2.75) is 18.8 Å². The molecule has 0 bridgehead atoms. The average molecular weight is 476 g/mol. The molecule has 3 nitrogen and oxygen atoms in total. The first-order valence-corrected chi connectivity index (χ1v) is 12.9. The molecule has 0 aliphatic heterocycles. The van der Waals surface area contributed by atoms with Gasteiger partial charge in [-0.25, -0.2) is 4.98 Å². The minimum absolute atomic E-state index is 0.0998. The van der Waals surface area contributed by atoms with Crippen LogP contribution in [0, 0.1) is 0 Å². The zero-order chi connectivity index (χ0) is 24.6. The number of fused-ring (bicyclic) bond motifs is 7. The first-order valence-electron chi connectivity index (χ1n) is 12.9. The van der Waals surface area contributed by atoms with Crippen LogP contribution < -0.4 is 0 Å². The molecule has 37 heavy (non-hydrogen) atoms. The van der Waals surface area contributed by atoms with Crippen LogP contribution in [0.1, 0.15) is 19.0 Å². The van der Waals surface area contributed by atoms with Gasteiger partial charge in [0.05, 0.1) is 16.7 Å². The van der Waals surface area contributed by atoms with Crippen molar-refractivity contribution < 1.29 is 0 Å². The van der Waals surface area contributed by atoms with E-state index < -0.39 is 0 Å². The number of para-hydroxylation sites is 2. The molecule has 176 valence electrons. The molecule has 0 fully saturated rings. The molecule has 0 saturated carbocycles. The number of aromatic amines is 1. The summed E-state index contributed by atoms with van der Waals surface area (Å²) in [5.41, 5.74) is 5.69. The van der Waals surface area contributed by atoms with Gasteiger partial charge in [0.15, 0.2) is 0 Å². The Morgan fingerprint density at radius 2 is 1.51 bits per heavy atom. The molecule has 0 saturated heterocycles. The minimum atomic E-state index is -0.0998. The molecule has 1 N–H and O–H groups in total. The summed E-state index contributed by atoms with van der Waals surface area (Å²) < 4.78 is 2.33. The van der Waals surface area contributed by atoms with E-state index in [0.29, 0.717) is 0 Å². The Hall–Kier alpha value is -4.63. The monoisotopic (exact) mass is 475 g/mol. The highest BCUT2D eigenvalue weighted by atomic mass is 15.1. The van der Waals surface area contributed by atoms with Gasteiger partial charge in [0, 0.05) is 38.0 Å². The average Bonchev–Trinajstić information content (AvgIpc) is 3.46. The van der Waals surface area contributed by atoms with Gasteiger partial charge < -0.3 is 4.98 Å². The van der Waals surface area contributed by atoms with Crippen LogP contribution in [0.4, 0.5) is 0 Å². The molecule has 0 spiro atoms. The lowest BCUT2D eigenvalue weighted by Gasteiger charge is -2.26. The van der Waals surface area contributed by atoms with Gasteiger partial charge in [-0.15, -0.1) is 0 Å². The fourth-order valence-corrected chi connectivity index (χ4v) is 6.09. The summed E-state index contributed by atoms with van der Waals surface area (Å²) in [5, 5.41) is 7.50. The van der Waals surface area contributed by atoms with Gasteiger partial charge in [0.1, 0.15) is 5.82 Å². The van der Waals surface area contributed by atoms with Gasteiger partial charge in [-0.1, -0.05) is 73.7 Å². The van der Waals surface area contributed by atoms with E-state index in [-0.39, 0.29) is 5.41 Å².